The van der Waals surface area contributed by atoms with Gasteiger partial charge >= 0.3 is 0 Å². The largest absolute Gasteiger partial charge is 0.325 e. The van der Waals surface area contributed by atoms with Gasteiger partial charge in [0.25, 0.3) is 0 Å². The second-order valence-electron chi connectivity index (χ2n) is 2.91. The zero-order valence-electron chi connectivity index (χ0n) is 6.29. The molecule has 2 rings (SSSR count). The molecule has 2 aliphatic rings. The van der Waals surface area contributed by atoms with Gasteiger partial charge in [-0.15, -0.1) is 13.2 Å². The van der Waals surface area contributed by atoms with Gasteiger partial charge in [0.1, 0.15) is 0 Å². The van der Waals surface area contributed by atoms with Crippen LogP contribution in [0.15, 0.2) is 13.2 Å². The molecule has 0 aromatic rings. The summed E-state index contributed by atoms with van der Waals surface area (Å²) in [5, 5.41) is 0. The molecular formula is C9H15Pd-. The first-order chi connectivity index (χ1) is 4.45. The van der Waals surface area contributed by atoms with E-state index in [1.807, 2.05) is 0 Å². The maximum atomic E-state index is 3.00. The van der Waals surface area contributed by atoms with Crippen LogP contribution in [-0.2, 0) is 20.4 Å². The third kappa shape index (κ3) is 2.22. The molecule has 1 heteroatoms. The van der Waals surface area contributed by atoms with Crippen LogP contribution in [-0.4, -0.2) is 0 Å². The Bertz CT molecular complexity index is 72.7. The Morgan fingerprint density at radius 2 is 1.90 bits per heavy atom. The van der Waals surface area contributed by atoms with Crippen LogP contribution in [0.4, 0.5) is 0 Å². The van der Waals surface area contributed by atoms with Gasteiger partial charge in [0.15, 0.2) is 0 Å². The van der Waals surface area contributed by atoms with Crippen LogP contribution >= 0.6 is 0 Å². The normalized spacial score (nSPS) is 34.0. The number of fused-ring (bicyclic) bond motifs is 2. The Morgan fingerprint density at radius 3 is 2.00 bits per heavy atom. The van der Waals surface area contributed by atoms with Crippen LogP contribution in [0, 0.1) is 18.3 Å². The van der Waals surface area contributed by atoms with Crippen molar-refractivity contribution in [3.05, 3.63) is 19.6 Å². The van der Waals surface area contributed by atoms with Crippen molar-refractivity contribution in [1.82, 2.24) is 0 Å². The van der Waals surface area contributed by atoms with Crippen molar-refractivity contribution in [1.29, 1.82) is 0 Å². The van der Waals surface area contributed by atoms with Crippen molar-refractivity contribution in [3.8, 4) is 0 Å². The Labute approximate surface area is 77.7 Å². The van der Waals surface area contributed by atoms with Gasteiger partial charge in [0.2, 0.25) is 0 Å². The second kappa shape index (κ2) is 5.11. The predicted octanol–water partition coefficient (Wildman–Crippen LogP) is 2.81. The van der Waals surface area contributed by atoms with E-state index in [0.29, 0.717) is 0 Å². The van der Waals surface area contributed by atoms with Crippen molar-refractivity contribution in [2.45, 2.75) is 25.7 Å². The average Bonchev–Trinajstić information content (AvgIpc) is 2.53. The van der Waals surface area contributed by atoms with Gasteiger partial charge < -0.3 is 6.42 Å². The monoisotopic (exact) mass is 229 g/mol. The van der Waals surface area contributed by atoms with Gasteiger partial charge in [-0.3, -0.25) is 0 Å². The molecule has 2 unspecified atom stereocenters. The third-order valence-corrected chi connectivity index (χ3v) is 2.38. The van der Waals surface area contributed by atoms with Crippen molar-refractivity contribution in [3.63, 3.8) is 0 Å². The molecule has 0 aliphatic heterocycles. The third-order valence-electron chi connectivity index (χ3n) is 2.38. The molecule has 0 radical (unpaired) electrons. The Balaban J connectivity index is 0.000000251. The van der Waals surface area contributed by atoms with Gasteiger partial charge in [-0.05, 0) is 0 Å². The van der Waals surface area contributed by atoms with Crippen LogP contribution in [0.5, 0.6) is 0 Å². The van der Waals surface area contributed by atoms with Crippen LogP contribution in [0.1, 0.15) is 25.7 Å². The summed E-state index contributed by atoms with van der Waals surface area (Å²) in [4.78, 5) is 0. The molecule has 0 N–H and O–H groups in total. The topological polar surface area (TPSA) is 0 Å². The van der Waals surface area contributed by atoms with E-state index in [1.165, 1.54) is 25.7 Å². The summed E-state index contributed by atoms with van der Waals surface area (Å²) in [6, 6.07) is 0. The van der Waals surface area contributed by atoms with Crippen molar-refractivity contribution in [2.24, 2.45) is 11.8 Å². The molecule has 0 nitrogen and oxygen atoms in total. The molecule has 2 fully saturated rings. The standard InChI is InChI=1S/C7H11.C2H4.Pd/c1-2-7-4-3-6(1)5-7;1-2;/h1,6-7H,2-5H2;1-2H2;/q-1;;. The first-order valence-corrected chi connectivity index (χ1v) is 3.78. The fourth-order valence-electron chi connectivity index (χ4n) is 1.93. The van der Waals surface area contributed by atoms with Gasteiger partial charge in [-0.2, -0.15) is 12.3 Å². The summed E-state index contributed by atoms with van der Waals surface area (Å²) >= 11 is 0. The van der Waals surface area contributed by atoms with E-state index in [4.69, 9.17) is 0 Å². The molecule has 2 atom stereocenters. The number of rotatable bonds is 0. The van der Waals surface area contributed by atoms with Gasteiger partial charge in [-0.1, -0.05) is 25.2 Å². The molecular weight excluding hydrogens is 215 g/mol. The fourth-order valence-corrected chi connectivity index (χ4v) is 1.93. The van der Waals surface area contributed by atoms with Crippen molar-refractivity contribution in [2.75, 3.05) is 0 Å². The van der Waals surface area contributed by atoms with Gasteiger partial charge in [0.05, 0.1) is 0 Å². The summed E-state index contributed by atoms with van der Waals surface area (Å²) in [6.45, 7) is 6.00. The second-order valence-corrected chi connectivity index (χ2v) is 2.91. The quantitative estimate of drug-likeness (QED) is 0.340. The predicted molar refractivity (Wildman–Crippen MR) is 41.0 cm³/mol. The van der Waals surface area contributed by atoms with Crippen LogP contribution in [0.25, 0.3) is 0 Å². The van der Waals surface area contributed by atoms with E-state index in [9.17, 15) is 0 Å². The molecule has 0 aromatic carbocycles. The first-order valence-electron chi connectivity index (χ1n) is 3.78. The summed E-state index contributed by atoms with van der Waals surface area (Å²) in [5.41, 5.74) is 0. The Hall–Kier alpha value is 0.402. The van der Waals surface area contributed by atoms with Crippen molar-refractivity contribution >= 4 is 0 Å². The number of hydrogen-bond acceptors (Lipinski definition) is 0. The van der Waals surface area contributed by atoms with Crippen LogP contribution < -0.4 is 0 Å². The van der Waals surface area contributed by atoms with E-state index in [0.717, 1.165) is 11.8 Å². The average molecular weight is 230 g/mol. The SMILES string of the molecule is C=C.[CH-]1CC2CCC1C2.[Pd]. The van der Waals surface area contributed by atoms with Crippen molar-refractivity contribution < 1.29 is 20.4 Å². The Morgan fingerprint density at radius 1 is 1.20 bits per heavy atom. The molecule has 2 bridgehead atoms. The van der Waals surface area contributed by atoms with E-state index in [1.54, 1.807) is 0 Å². The zero-order chi connectivity index (χ0) is 6.69. The van der Waals surface area contributed by atoms with E-state index < -0.39 is 0 Å². The minimum atomic E-state index is 0. The van der Waals surface area contributed by atoms with Gasteiger partial charge in [0, 0.05) is 20.4 Å². The maximum Gasteiger partial charge on any atom is 0 e. The minimum Gasteiger partial charge on any atom is -0.325 e. The fraction of sp³-hybridized carbons (Fsp3) is 0.667. The summed E-state index contributed by atoms with van der Waals surface area (Å²) in [5.74, 6) is 2.16. The molecule has 0 aromatic heterocycles. The summed E-state index contributed by atoms with van der Waals surface area (Å²) < 4.78 is 0. The Kier molecular flexibility index (Phi) is 5.31. The maximum absolute atomic E-state index is 3.00. The zero-order valence-corrected chi connectivity index (χ0v) is 7.85. The van der Waals surface area contributed by atoms with E-state index in [2.05, 4.69) is 19.6 Å². The molecule has 0 heterocycles. The smallest absolute Gasteiger partial charge is 0 e. The van der Waals surface area contributed by atoms with E-state index in [-0.39, 0.29) is 20.4 Å². The molecule has 62 valence electrons. The van der Waals surface area contributed by atoms with Crippen LogP contribution in [0.3, 0.4) is 0 Å². The summed E-state index contributed by atoms with van der Waals surface area (Å²) in [6.07, 6.45) is 8.50. The molecule has 0 spiro atoms. The molecule has 0 amide bonds. The molecule has 2 saturated carbocycles. The van der Waals surface area contributed by atoms with Crippen LogP contribution in [0.2, 0.25) is 0 Å². The first kappa shape index (κ1) is 10.4. The van der Waals surface area contributed by atoms with E-state index >= 15 is 0 Å². The number of hydrogen-bond donors (Lipinski definition) is 0. The molecule has 0 saturated heterocycles. The van der Waals surface area contributed by atoms with Gasteiger partial charge in [-0.25, -0.2) is 0 Å². The summed E-state index contributed by atoms with van der Waals surface area (Å²) in [7, 11) is 0. The molecule has 10 heavy (non-hydrogen) atoms. The minimum absolute atomic E-state index is 0. The molecule has 2 aliphatic carbocycles.